The zero-order valence-electron chi connectivity index (χ0n) is 18.3. The van der Waals surface area contributed by atoms with Gasteiger partial charge in [0.15, 0.2) is 0 Å². The van der Waals surface area contributed by atoms with Crippen LogP contribution >= 0.6 is 0 Å². The van der Waals surface area contributed by atoms with E-state index in [-0.39, 0.29) is 16.8 Å². The number of hydrazone groups is 1. The minimum absolute atomic E-state index is 0.0139. The number of piperazine rings is 1. The molecular formula is C23H23N5O5. The number of carboxylic acids is 1. The summed E-state index contributed by atoms with van der Waals surface area (Å²) in [4.78, 5) is 39.8. The molecule has 1 N–H and O–H groups in total. The number of nitro benzene ring substituents is 1. The summed E-state index contributed by atoms with van der Waals surface area (Å²) in [5.74, 6) is -1.53. The molecule has 0 unspecified atom stereocenters. The molecule has 4 rings (SSSR count). The van der Waals surface area contributed by atoms with Crippen molar-refractivity contribution in [2.45, 2.75) is 6.92 Å². The van der Waals surface area contributed by atoms with E-state index in [9.17, 15) is 24.8 Å². The van der Waals surface area contributed by atoms with Crippen molar-refractivity contribution in [1.29, 1.82) is 0 Å². The Morgan fingerprint density at radius 3 is 2.55 bits per heavy atom. The van der Waals surface area contributed by atoms with E-state index in [1.165, 1.54) is 18.2 Å². The summed E-state index contributed by atoms with van der Waals surface area (Å²) in [6, 6.07) is 10.9. The Morgan fingerprint density at radius 1 is 1.15 bits per heavy atom. The lowest BCUT2D eigenvalue weighted by Crippen LogP contribution is -2.44. The average molecular weight is 449 g/mol. The van der Waals surface area contributed by atoms with Crippen molar-refractivity contribution in [3.05, 3.63) is 69.3 Å². The molecule has 2 aromatic carbocycles. The number of nitro groups is 1. The third-order valence-electron chi connectivity index (χ3n) is 5.75. The minimum atomic E-state index is -1.10. The maximum atomic E-state index is 13.0. The summed E-state index contributed by atoms with van der Waals surface area (Å²) in [7, 11) is 2.02. The third-order valence-corrected chi connectivity index (χ3v) is 5.75. The summed E-state index contributed by atoms with van der Waals surface area (Å²) >= 11 is 0. The van der Waals surface area contributed by atoms with E-state index < -0.39 is 16.8 Å². The summed E-state index contributed by atoms with van der Waals surface area (Å²) in [6.45, 7) is 4.72. The fourth-order valence-corrected chi connectivity index (χ4v) is 3.89. The lowest BCUT2D eigenvalue weighted by atomic mass is 10.1. The Balaban J connectivity index is 1.64. The average Bonchev–Trinajstić information content (AvgIpc) is 3.08. The van der Waals surface area contributed by atoms with Crippen LogP contribution in [0, 0.1) is 10.1 Å². The van der Waals surface area contributed by atoms with Crippen molar-refractivity contribution in [1.82, 2.24) is 4.90 Å². The van der Waals surface area contributed by atoms with E-state index in [1.807, 2.05) is 11.9 Å². The number of benzene rings is 2. The van der Waals surface area contributed by atoms with E-state index >= 15 is 0 Å². The van der Waals surface area contributed by atoms with Gasteiger partial charge in [-0.3, -0.25) is 14.9 Å². The van der Waals surface area contributed by atoms with Crippen LogP contribution < -0.4 is 9.91 Å². The topological polar surface area (TPSA) is 120 Å². The monoisotopic (exact) mass is 449 g/mol. The van der Waals surface area contributed by atoms with Gasteiger partial charge in [0, 0.05) is 32.2 Å². The molecule has 2 aliphatic heterocycles. The molecule has 1 fully saturated rings. The van der Waals surface area contributed by atoms with Gasteiger partial charge in [-0.25, -0.2) is 4.79 Å². The lowest BCUT2D eigenvalue weighted by Gasteiger charge is -2.33. The van der Waals surface area contributed by atoms with Crippen LogP contribution in [0.4, 0.5) is 17.1 Å². The number of carbonyl (C=O) groups excluding carboxylic acids is 1. The highest BCUT2D eigenvalue weighted by atomic mass is 16.6. The van der Waals surface area contributed by atoms with Gasteiger partial charge in [0.1, 0.15) is 5.69 Å². The number of carbonyl (C=O) groups is 2. The molecule has 0 bridgehead atoms. The Bertz CT molecular complexity index is 1200. The Morgan fingerprint density at radius 2 is 1.88 bits per heavy atom. The highest BCUT2D eigenvalue weighted by Crippen LogP contribution is 2.32. The number of aromatic carboxylic acids is 1. The van der Waals surface area contributed by atoms with Gasteiger partial charge < -0.3 is 14.9 Å². The van der Waals surface area contributed by atoms with Crippen LogP contribution in [0.2, 0.25) is 0 Å². The van der Waals surface area contributed by atoms with Gasteiger partial charge in [0.05, 0.1) is 27.5 Å². The van der Waals surface area contributed by atoms with Gasteiger partial charge in [-0.05, 0) is 49.9 Å². The normalized spacial score (nSPS) is 18.1. The number of rotatable bonds is 5. The molecule has 170 valence electrons. The molecule has 0 radical (unpaired) electrons. The van der Waals surface area contributed by atoms with Gasteiger partial charge >= 0.3 is 5.97 Å². The molecule has 10 heteroatoms. The quantitative estimate of drug-likeness (QED) is 0.423. The zero-order valence-corrected chi connectivity index (χ0v) is 18.3. The van der Waals surface area contributed by atoms with E-state index in [0.29, 0.717) is 35.7 Å². The number of hydrogen-bond acceptors (Lipinski definition) is 7. The fraction of sp³-hybridized carbons (Fsp3) is 0.261. The Labute approximate surface area is 190 Å². The lowest BCUT2D eigenvalue weighted by molar-refractivity contribution is -0.384. The summed E-state index contributed by atoms with van der Waals surface area (Å²) < 4.78 is 0. The number of nitrogens with zero attached hydrogens (tertiary/aromatic N) is 5. The second-order valence-electron chi connectivity index (χ2n) is 8.01. The van der Waals surface area contributed by atoms with Crippen molar-refractivity contribution in [3.63, 3.8) is 0 Å². The highest BCUT2D eigenvalue weighted by molar-refractivity contribution is 6.32. The third kappa shape index (κ3) is 4.46. The molecule has 2 heterocycles. The van der Waals surface area contributed by atoms with Gasteiger partial charge in [-0.2, -0.15) is 10.1 Å². The second-order valence-corrected chi connectivity index (χ2v) is 8.01. The fourth-order valence-electron chi connectivity index (χ4n) is 3.89. The molecular weight excluding hydrogens is 426 g/mol. The maximum Gasteiger partial charge on any atom is 0.335 e. The first-order valence-corrected chi connectivity index (χ1v) is 10.4. The van der Waals surface area contributed by atoms with Crippen molar-refractivity contribution in [3.8, 4) is 0 Å². The summed E-state index contributed by atoms with van der Waals surface area (Å²) in [6.07, 6.45) is 1.57. The van der Waals surface area contributed by atoms with Crippen LogP contribution in [0.3, 0.4) is 0 Å². The highest BCUT2D eigenvalue weighted by Gasteiger charge is 2.30. The van der Waals surface area contributed by atoms with Crippen molar-refractivity contribution in [2.75, 3.05) is 43.1 Å². The molecule has 0 atom stereocenters. The standard InChI is InChI=1S/C23H23N5O5/c1-15-19(22(29)27(24-15)18-5-3-4-17(14-18)23(30)31)12-16-6-7-20(21(13-16)28(32)33)26-10-8-25(2)9-11-26/h3-7,12-14H,8-11H2,1-2H3,(H,30,31)/b19-12-. The zero-order chi connectivity index (χ0) is 23.7. The molecule has 1 amide bonds. The minimum Gasteiger partial charge on any atom is -0.478 e. The maximum absolute atomic E-state index is 13.0. The van der Waals surface area contributed by atoms with E-state index in [4.69, 9.17) is 0 Å². The molecule has 33 heavy (non-hydrogen) atoms. The van der Waals surface area contributed by atoms with E-state index in [0.717, 1.165) is 18.1 Å². The molecule has 2 aliphatic rings. The molecule has 1 saturated heterocycles. The first-order chi connectivity index (χ1) is 15.7. The molecule has 0 aromatic heterocycles. The first-order valence-electron chi connectivity index (χ1n) is 10.4. The van der Waals surface area contributed by atoms with Crippen molar-refractivity contribution >= 4 is 40.7 Å². The smallest absolute Gasteiger partial charge is 0.335 e. The number of anilines is 2. The van der Waals surface area contributed by atoms with Gasteiger partial charge in [-0.1, -0.05) is 12.1 Å². The number of amides is 1. The first kappa shape index (κ1) is 22.2. The summed E-state index contributed by atoms with van der Waals surface area (Å²) in [5.41, 5.74) is 2.16. The number of hydrogen-bond donors (Lipinski definition) is 1. The van der Waals surface area contributed by atoms with Crippen LogP contribution in [0.5, 0.6) is 0 Å². The summed E-state index contributed by atoms with van der Waals surface area (Å²) in [5, 5.41) is 26.4. The Hall–Kier alpha value is -4.05. The van der Waals surface area contributed by atoms with E-state index in [2.05, 4.69) is 10.0 Å². The van der Waals surface area contributed by atoms with Crippen LogP contribution in [-0.4, -0.2) is 65.7 Å². The molecule has 0 spiro atoms. The molecule has 2 aromatic rings. The van der Waals surface area contributed by atoms with E-state index in [1.54, 1.807) is 37.3 Å². The number of carboxylic acid groups (broad SMARTS) is 1. The predicted molar refractivity (Wildman–Crippen MR) is 125 cm³/mol. The van der Waals surface area contributed by atoms with Gasteiger partial charge in [-0.15, -0.1) is 0 Å². The van der Waals surface area contributed by atoms with Gasteiger partial charge in [0.2, 0.25) is 0 Å². The molecule has 0 saturated carbocycles. The SMILES string of the molecule is CC1=NN(c2cccc(C(=O)O)c2)C(=O)/C1=C\c1ccc(N2CCN(C)CC2)c([N+](=O)[O-])c1. The van der Waals surface area contributed by atoms with Gasteiger partial charge in [0.25, 0.3) is 11.6 Å². The van der Waals surface area contributed by atoms with Crippen LogP contribution in [0.15, 0.2) is 53.1 Å². The van der Waals surface area contributed by atoms with Crippen LogP contribution in [-0.2, 0) is 4.79 Å². The largest absolute Gasteiger partial charge is 0.478 e. The predicted octanol–water partition coefficient (Wildman–Crippen LogP) is 2.85. The molecule has 0 aliphatic carbocycles. The Kier molecular flexibility index (Phi) is 5.93. The van der Waals surface area contributed by atoms with Crippen molar-refractivity contribution in [2.24, 2.45) is 5.10 Å². The second kappa shape index (κ2) is 8.83. The van der Waals surface area contributed by atoms with Crippen LogP contribution in [0.1, 0.15) is 22.8 Å². The van der Waals surface area contributed by atoms with Crippen LogP contribution in [0.25, 0.3) is 6.08 Å². The number of likely N-dealkylation sites (N-methyl/N-ethyl adjacent to an activating group) is 1. The molecule has 10 nitrogen and oxygen atoms in total. The van der Waals surface area contributed by atoms with Crippen molar-refractivity contribution < 1.29 is 19.6 Å².